The molecule has 0 aliphatic rings. The molecule has 0 saturated heterocycles. The Kier molecular flexibility index (Phi) is 4.52. The van der Waals surface area contributed by atoms with Gasteiger partial charge in [-0.2, -0.15) is 4.98 Å². The third-order valence-electron chi connectivity index (χ3n) is 3.41. The van der Waals surface area contributed by atoms with Gasteiger partial charge in [-0.1, -0.05) is 35.5 Å². The monoisotopic (exact) mass is 311 g/mol. The molecule has 6 heteroatoms. The molecule has 0 radical (unpaired) electrons. The maximum absolute atomic E-state index is 12.0. The van der Waals surface area contributed by atoms with Crippen molar-refractivity contribution < 1.29 is 13.7 Å². The first-order valence-corrected chi connectivity index (χ1v) is 7.43. The standard InChI is InChI=1S/C17H17N3O3/c1-12(14-8-5-11-22-14)18-15(21)9-10-16-19-17(20-23-16)13-6-3-2-4-7-13/h2-8,11-12H,9-10H2,1H3,(H,18,21)/t12-/m1/s1. The van der Waals surface area contributed by atoms with Crippen molar-refractivity contribution in [2.45, 2.75) is 25.8 Å². The Balaban J connectivity index is 1.52. The molecule has 1 amide bonds. The summed E-state index contributed by atoms with van der Waals surface area (Å²) in [4.78, 5) is 16.3. The molecular formula is C17H17N3O3. The van der Waals surface area contributed by atoms with Crippen molar-refractivity contribution in [3.63, 3.8) is 0 Å². The molecule has 1 aromatic carbocycles. The van der Waals surface area contributed by atoms with E-state index in [2.05, 4.69) is 15.5 Å². The van der Waals surface area contributed by atoms with Gasteiger partial charge < -0.3 is 14.3 Å². The number of aromatic nitrogens is 2. The largest absolute Gasteiger partial charge is 0.467 e. The average Bonchev–Trinajstić information content (AvgIpc) is 3.25. The topological polar surface area (TPSA) is 81.2 Å². The van der Waals surface area contributed by atoms with Crippen LogP contribution in [0.4, 0.5) is 0 Å². The number of nitrogens with one attached hydrogen (secondary N) is 1. The van der Waals surface area contributed by atoms with Gasteiger partial charge in [0.05, 0.1) is 12.3 Å². The molecule has 2 aromatic heterocycles. The predicted octanol–water partition coefficient (Wildman–Crippen LogP) is 3.14. The smallest absolute Gasteiger partial charge is 0.227 e. The Morgan fingerprint density at radius 3 is 2.78 bits per heavy atom. The Morgan fingerprint density at radius 1 is 1.22 bits per heavy atom. The van der Waals surface area contributed by atoms with Gasteiger partial charge in [-0.3, -0.25) is 4.79 Å². The minimum Gasteiger partial charge on any atom is -0.467 e. The highest BCUT2D eigenvalue weighted by Gasteiger charge is 2.14. The minimum absolute atomic E-state index is 0.0895. The van der Waals surface area contributed by atoms with Crippen molar-refractivity contribution in [3.8, 4) is 11.4 Å². The van der Waals surface area contributed by atoms with Crippen LogP contribution in [0.3, 0.4) is 0 Å². The fourth-order valence-electron chi connectivity index (χ4n) is 2.20. The number of amides is 1. The average molecular weight is 311 g/mol. The van der Waals surface area contributed by atoms with E-state index in [1.165, 1.54) is 0 Å². The molecule has 1 atom stereocenters. The number of furan rings is 1. The van der Waals surface area contributed by atoms with Crippen molar-refractivity contribution in [3.05, 3.63) is 60.4 Å². The van der Waals surface area contributed by atoms with Crippen LogP contribution in [0.25, 0.3) is 11.4 Å². The van der Waals surface area contributed by atoms with Crippen LogP contribution in [-0.4, -0.2) is 16.0 Å². The maximum atomic E-state index is 12.0. The van der Waals surface area contributed by atoms with Gasteiger partial charge in [0.15, 0.2) is 0 Å². The van der Waals surface area contributed by atoms with E-state index in [-0.39, 0.29) is 18.4 Å². The Hall–Kier alpha value is -2.89. The zero-order valence-electron chi connectivity index (χ0n) is 12.7. The van der Waals surface area contributed by atoms with Crippen molar-refractivity contribution >= 4 is 5.91 Å². The summed E-state index contributed by atoms with van der Waals surface area (Å²) in [6.07, 6.45) is 2.26. The fourth-order valence-corrected chi connectivity index (χ4v) is 2.20. The minimum atomic E-state index is -0.167. The van der Waals surface area contributed by atoms with Crippen LogP contribution in [-0.2, 0) is 11.2 Å². The first kappa shape index (κ1) is 15.0. The van der Waals surface area contributed by atoms with E-state index in [0.717, 1.165) is 11.3 Å². The van der Waals surface area contributed by atoms with E-state index in [4.69, 9.17) is 8.94 Å². The lowest BCUT2D eigenvalue weighted by Crippen LogP contribution is -2.26. The summed E-state index contributed by atoms with van der Waals surface area (Å²) < 4.78 is 10.4. The van der Waals surface area contributed by atoms with Crippen LogP contribution < -0.4 is 5.32 Å². The van der Waals surface area contributed by atoms with Crippen LogP contribution in [0.1, 0.15) is 31.0 Å². The second-order valence-corrected chi connectivity index (χ2v) is 5.18. The molecule has 0 unspecified atom stereocenters. The summed E-state index contributed by atoms with van der Waals surface area (Å²) >= 11 is 0. The van der Waals surface area contributed by atoms with Crippen molar-refractivity contribution in [1.82, 2.24) is 15.5 Å². The highest BCUT2D eigenvalue weighted by Crippen LogP contribution is 2.16. The molecule has 0 saturated carbocycles. The van der Waals surface area contributed by atoms with Gasteiger partial charge in [0.25, 0.3) is 0 Å². The summed E-state index contributed by atoms with van der Waals surface area (Å²) in [5.74, 6) is 1.62. The highest BCUT2D eigenvalue weighted by atomic mass is 16.5. The zero-order chi connectivity index (χ0) is 16.1. The maximum Gasteiger partial charge on any atom is 0.227 e. The first-order valence-electron chi connectivity index (χ1n) is 7.43. The number of aryl methyl sites for hydroxylation is 1. The fraction of sp³-hybridized carbons (Fsp3) is 0.235. The lowest BCUT2D eigenvalue weighted by atomic mass is 10.2. The summed E-state index contributed by atoms with van der Waals surface area (Å²) in [5.41, 5.74) is 0.887. The quantitative estimate of drug-likeness (QED) is 0.756. The zero-order valence-corrected chi connectivity index (χ0v) is 12.7. The number of rotatable bonds is 6. The first-order chi connectivity index (χ1) is 11.2. The van der Waals surface area contributed by atoms with E-state index in [1.807, 2.05) is 43.3 Å². The van der Waals surface area contributed by atoms with Crippen LogP contribution in [0.15, 0.2) is 57.7 Å². The number of nitrogens with zero attached hydrogens (tertiary/aromatic N) is 2. The van der Waals surface area contributed by atoms with Crippen molar-refractivity contribution in [2.75, 3.05) is 0 Å². The van der Waals surface area contributed by atoms with Gasteiger partial charge in [0.2, 0.25) is 17.6 Å². The summed E-state index contributed by atoms with van der Waals surface area (Å²) in [6, 6.07) is 13.0. The number of hydrogen-bond acceptors (Lipinski definition) is 5. The van der Waals surface area contributed by atoms with Crippen LogP contribution in [0.5, 0.6) is 0 Å². The van der Waals surface area contributed by atoms with Gasteiger partial charge in [-0.15, -0.1) is 0 Å². The van der Waals surface area contributed by atoms with Gasteiger partial charge in [0, 0.05) is 18.4 Å². The molecule has 0 aliphatic heterocycles. The Bertz CT molecular complexity index is 751. The number of carbonyl (C=O) groups is 1. The van der Waals surface area contributed by atoms with E-state index >= 15 is 0 Å². The third kappa shape index (κ3) is 3.85. The molecule has 23 heavy (non-hydrogen) atoms. The van der Waals surface area contributed by atoms with Gasteiger partial charge >= 0.3 is 0 Å². The van der Waals surface area contributed by atoms with Gasteiger partial charge in [-0.25, -0.2) is 0 Å². The van der Waals surface area contributed by atoms with Crippen molar-refractivity contribution in [1.29, 1.82) is 0 Å². The Morgan fingerprint density at radius 2 is 2.04 bits per heavy atom. The molecule has 118 valence electrons. The molecule has 3 aromatic rings. The molecular weight excluding hydrogens is 294 g/mol. The summed E-state index contributed by atoms with van der Waals surface area (Å²) in [6.45, 7) is 1.87. The third-order valence-corrected chi connectivity index (χ3v) is 3.41. The molecule has 6 nitrogen and oxygen atoms in total. The number of hydrogen-bond donors (Lipinski definition) is 1. The summed E-state index contributed by atoms with van der Waals surface area (Å²) in [5, 5.41) is 6.80. The lowest BCUT2D eigenvalue weighted by Gasteiger charge is -2.10. The van der Waals surface area contributed by atoms with Gasteiger partial charge in [-0.05, 0) is 19.1 Å². The Labute approximate surface area is 133 Å². The van der Waals surface area contributed by atoms with E-state index in [1.54, 1.807) is 12.3 Å². The lowest BCUT2D eigenvalue weighted by molar-refractivity contribution is -0.121. The van der Waals surface area contributed by atoms with Crippen LogP contribution >= 0.6 is 0 Å². The summed E-state index contributed by atoms with van der Waals surface area (Å²) in [7, 11) is 0. The second kappa shape index (κ2) is 6.91. The SMILES string of the molecule is C[C@@H](NC(=O)CCc1nc(-c2ccccc2)no1)c1ccco1. The molecule has 0 aliphatic carbocycles. The van der Waals surface area contributed by atoms with E-state index in [0.29, 0.717) is 18.1 Å². The predicted molar refractivity (Wildman–Crippen MR) is 83.3 cm³/mol. The van der Waals surface area contributed by atoms with Crippen molar-refractivity contribution in [2.24, 2.45) is 0 Å². The second-order valence-electron chi connectivity index (χ2n) is 5.18. The molecule has 1 N–H and O–H groups in total. The van der Waals surface area contributed by atoms with E-state index < -0.39 is 0 Å². The normalized spacial score (nSPS) is 12.0. The van der Waals surface area contributed by atoms with Crippen LogP contribution in [0, 0.1) is 0 Å². The highest BCUT2D eigenvalue weighted by molar-refractivity contribution is 5.76. The van der Waals surface area contributed by atoms with Gasteiger partial charge in [0.1, 0.15) is 5.76 Å². The van der Waals surface area contributed by atoms with Crippen LogP contribution in [0.2, 0.25) is 0 Å². The van der Waals surface area contributed by atoms with E-state index in [9.17, 15) is 4.79 Å². The molecule has 3 rings (SSSR count). The molecule has 2 heterocycles. The molecule has 0 fully saturated rings. The molecule has 0 bridgehead atoms. The number of carbonyl (C=O) groups excluding carboxylic acids is 1. The number of benzene rings is 1. The molecule has 0 spiro atoms.